The lowest BCUT2D eigenvalue weighted by Crippen LogP contribution is -2.19. The largest absolute Gasteiger partial charge is 0.495 e. The molecule has 6 heteroatoms. The summed E-state index contributed by atoms with van der Waals surface area (Å²) >= 11 is 0. The zero-order valence-electron chi connectivity index (χ0n) is 12.4. The zero-order valence-corrected chi connectivity index (χ0v) is 12.4. The fourth-order valence-corrected chi connectivity index (χ4v) is 2.73. The van der Waals surface area contributed by atoms with Crippen LogP contribution in [0.15, 0.2) is 24.5 Å². The van der Waals surface area contributed by atoms with E-state index in [2.05, 4.69) is 10.2 Å². The summed E-state index contributed by atoms with van der Waals surface area (Å²) in [5, 5.41) is 8.25. The topological polar surface area (TPSA) is 60.2 Å². The molecule has 0 saturated carbocycles. The van der Waals surface area contributed by atoms with Crippen molar-refractivity contribution in [2.24, 2.45) is 0 Å². The lowest BCUT2D eigenvalue weighted by atomic mass is 10.1. The van der Waals surface area contributed by atoms with Crippen molar-refractivity contribution in [3.63, 3.8) is 0 Å². The van der Waals surface area contributed by atoms with Gasteiger partial charge in [-0.05, 0) is 24.6 Å². The van der Waals surface area contributed by atoms with Gasteiger partial charge in [-0.3, -0.25) is 9.36 Å². The molecule has 6 nitrogen and oxygen atoms in total. The van der Waals surface area contributed by atoms with Gasteiger partial charge in [0.1, 0.15) is 17.9 Å². The molecule has 1 amide bonds. The van der Waals surface area contributed by atoms with Crippen LogP contribution in [-0.4, -0.2) is 46.3 Å². The molecule has 0 spiro atoms. The Morgan fingerprint density at radius 2 is 2.19 bits per heavy atom. The van der Waals surface area contributed by atoms with Crippen molar-refractivity contribution in [1.82, 2.24) is 19.7 Å². The summed E-state index contributed by atoms with van der Waals surface area (Å²) in [6.45, 7) is 2.70. The number of amides is 1. The molecule has 0 aliphatic carbocycles. The Morgan fingerprint density at radius 3 is 2.86 bits per heavy atom. The number of benzene rings is 1. The Bertz CT molecular complexity index is 680. The van der Waals surface area contributed by atoms with E-state index in [1.807, 2.05) is 36.7 Å². The highest BCUT2D eigenvalue weighted by molar-refractivity contribution is 5.79. The fourth-order valence-electron chi connectivity index (χ4n) is 2.73. The Morgan fingerprint density at radius 1 is 1.38 bits per heavy atom. The van der Waals surface area contributed by atoms with Crippen molar-refractivity contribution in [1.29, 1.82) is 0 Å². The Balaban J connectivity index is 2.04. The second-order valence-electron chi connectivity index (χ2n) is 5.41. The molecule has 1 aromatic heterocycles. The SMILES string of the molecule is COc1ccc(C)cc1-n1cnnc1[C@H]1CC(=O)N(C)C1. The average molecular weight is 286 g/mol. The first-order valence-electron chi connectivity index (χ1n) is 6.89. The van der Waals surface area contributed by atoms with E-state index in [9.17, 15) is 4.79 Å². The molecule has 1 aromatic carbocycles. The number of likely N-dealkylation sites (tertiary alicyclic amines) is 1. The molecular formula is C15H18N4O2. The maximum Gasteiger partial charge on any atom is 0.223 e. The smallest absolute Gasteiger partial charge is 0.223 e. The third kappa shape index (κ3) is 2.37. The van der Waals surface area contributed by atoms with Crippen molar-refractivity contribution in [2.45, 2.75) is 19.3 Å². The third-order valence-corrected chi connectivity index (χ3v) is 3.87. The first-order valence-corrected chi connectivity index (χ1v) is 6.89. The summed E-state index contributed by atoms with van der Waals surface area (Å²) < 4.78 is 7.35. The molecule has 1 saturated heterocycles. The Kier molecular flexibility index (Phi) is 3.37. The van der Waals surface area contributed by atoms with Crippen LogP contribution in [0.5, 0.6) is 5.75 Å². The standard InChI is InChI=1S/C15H18N4O2/c1-10-4-5-13(21-3)12(6-10)19-9-16-17-15(19)11-7-14(20)18(2)8-11/h4-6,9,11H,7-8H2,1-3H3/t11-/m0/s1. The predicted octanol–water partition coefficient (Wildman–Crippen LogP) is 1.53. The number of aryl methyl sites for hydroxylation is 1. The fraction of sp³-hybridized carbons (Fsp3) is 0.400. The summed E-state index contributed by atoms with van der Waals surface area (Å²) in [6, 6.07) is 5.96. The molecule has 2 aromatic rings. The van der Waals surface area contributed by atoms with E-state index in [0.29, 0.717) is 13.0 Å². The van der Waals surface area contributed by atoms with Crippen molar-refractivity contribution in [2.75, 3.05) is 20.7 Å². The molecule has 0 N–H and O–H groups in total. The first-order chi connectivity index (χ1) is 10.1. The minimum absolute atomic E-state index is 0.0650. The van der Waals surface area contributed by atoms with Gasteiger partial charge in [-0.1, -0.05) is 6.07 Å². The summed E-state index contributed by atoms with van der Waals surface area (Å²) in [6.07, 6.45) is 2.15. The van der Waals surface area contributed by atoms with E-state index in [1.54, 1.807) is 18.3 Å². The highest BCUT2D eigenvalue weighted by atomic mass is 16.5. The van der Waals surface area contributed by atoms with Gasteiger partial charge in [0.15, 0.2) is 0 Å². The minimum atomic E-state index is 0.0650. The van der Waals surface area contributed by atoms with E-state index in [1.165, 1.54) is 0 Å². The van der Waals surface area contributed by atoms with Gasteiger partial charge in [0.25, 0.3) is 0 Å². The lowest BCUT2D eigenvalue weighted by molar-refractivity contribution is -0.126. The molecule has 0 bridgehead atoms. The number of aromatic nitrogens is 3. The predicted molar refractivity (Wildman–Crippen MR) is 77.6 cm³/mol. The van der Waals surface area contributed by atoms with E-state index in [4.69, 9.17) is 4.74 Å². The van der Waals surface area contributed by atoms with Gasteiger partial charge in [0.2, 0.25) is 5.91 Å². The normalized spacial score (nSPS) is 18.3. The van der Waals surface area contributed by atoms with Gasteiger partial charge in [-0.2, -0.15) is 0 Å². The molecular weight excluding hydrogens is 268 g/mol. The van der Waals surface area contributed by atoms with Gasteiger partial charge < -0.3 is 9.64 Å². The lowest BCUT2D eigenvalue weighted by Gasteiger charge is -2.15. The van der Waals surface area contributed by atoms with Gasteiger partial charge in [0, 0.05) is 25.9 Å². The first kappa shape index (κ1) is 13.6. The Labute approximate surface area is 123 Å². The quantitative estimate of drug-likeness (QED) is 0.858. The van der Waals surface area contributed by atoms with E-state index in [-0.39, 0.29) is 11.8 Å². The van der Waals surface area contributed by atoms with Crippen molar-refractivity contribution < 1.29 is 9.53 Å². The number of hydrogen-bond donors (Lipinski definition) is 0. The van der Waals surface area contributed by atoms with E-state index < -0.39 is 0 Å². The van der Waals surface area contributed by atoms with Crippen molar-refractivity contribution in [3.05, 3.63) is 35.9 Å². The van der Waals surface area contributed by atoms with Crippen LogP contribution in [0.25, 0.3) is 5.69 Å². The monoisotopic (exact) mass is 286 g/mol. The molecule has 0 radical (unpaired) electrons. The number of ether oxygens (including phenoxy) is 1. The number of nitrogens with zero attached hydrogens (tertiary/aromatic N) is 4. The van der Waals surface area contributed by atoms with Gasteiger partial charge in [0.05, 0.1) is 12.8 Å². The molecule has 0 unspecified atom stereocenters. The molecule has 1 aliphatic heterocycles. The molecule has 1 aliphatic rings. The minimum Gasteiger partial charge on any atom is -0.495 e. The number of methoxy groups -OCH3 is 1. The number of rotatable bonds is 3. The van der Waals surface area contributed by atoms with E-state index >= 15 is 0 Å². The maximum absolute atomic E-state index is 11.7. The van der Waals surface area contributed by atoms with Crippen LogP contribution in [0.2, 0.25) is 0 Å². The Hall–Kier alpha value is -2.37. The summed E-state index contributed by atoms with van der Waals surface area (Å²) in [5.74, 6) is 1.77. The third-order valence-electron chi connectivity index (χ3n) is 3.87. The summed E-state index contributed by atoms with van der Waals surface area (Å²) in [4.78, 5) is 13.5. The highest BCUT2D eigenvalue weighted by Gasteiger charge is 2.32. The van der Waals surface area contributed by atoms with Crippen LogP contribution in [0.3, 0.4) is 0 Å². The highest BCUT2D eigenvalue weighted by Crippen LogP contribution is 2.30. The zero-order chi connectivity index (χ0) is 15.0. The summed E-state index contributed by atoms with van der Waals surface area (Å²) in [5.41, 5.74) is 2.03. The number of likely N-dealkylation sites (N-methyl/N-ethyl adjacent to an activating group) is 1. The molecule has 3 rings (SSSR count). The maximum atomic E-state index is 11.7. The van der Waals surface area contributed by atoms with Crippen LogP contribution in [0.4, 0.5) is 0 Å². The molecule has 2 heterocycles. The van der Waals surface area contributed by atoms with Gasteiger partial charge in [-0.15, -0.1) is 10.2 Å². The van der Waals surface area contributed by atoms with Crippen LogP contribution in [0.1, 0.15) is 23.7 Å². The average Bonchev–Trinajstić information content (AvgIpc) is 3.06. The van der Waals surface area contributed by atoms with Crippen LogP contribution < -0.4 is 4.74 Å². The van der Waals surface area contributed by atoms with Crippen LogP contribution in [0, 0.1) is 6.92 Å². The number of carbonyl (C=O) groups is 1. The second-order valence-corrected chi connectivity index (χ2v) is 5.41. The summed E-state index contributed by atoms with van der Waals surface area (Å²) in [7, 11) is 3.46. The van der Waals surface area contributed by atoms with Crippen molar-refractivity contribution in [3.8, 4) is 11.4 Å². The number of hydrogen-bond acceptors (Lipinski definition) is 4. The molecule has 110 valence electrons. The van der Waals surface area contributed by atoms with Gasteiger partial charge in [-0.25, -0.2) is 0 Å². The molecule has 1 atom stereocenters. The van der Waals surface area contributed by atoms with Crippen LogP contribution >= 0.6 is 0 Å². The second kappa shape index (κ2) is 5.20. The van der Waals surface area contributed by atoms with Crippen LogP contribution in [-0.2, 0) is 4.79 Å². The molecule has 21 heavy (non-hydrogen) atoms. The molecule has 1 fully saturated rings. The van der Waals surface area contributed by atoms with Gasteiger partial charge >= 0.3 is 0 Å². The number of carbonyl (C=O) groups excluding carboxylic acids is 1. The van der Waals surface area contributed by atoms with Crippen molar-refractivity contribution >= 4 is 5.91 Å². The van der Waals surface area contributed by atoms with E-state index in [0.717, 1.165) is 22.8 Å².